The molecule has 18 heavy (non-hydrogen) atoms. The third-order valence-corrected chi connectivity index (χ3v) is 3.32. The summed E-state index contributed by atoms with van der Waals surface area (Å²) >= 11 is 3.35. The van der Waals surface area contributed by atoms with E-state index in [0.717, 1.165) is 15.7 Å². The van der Waals surface area contributed by atoms with Crippen LogP contribution in [0.5, 0.6) is 0 Å². The second-order valence-electron chi connectivity index (χ2n) is 4.03. The van der Waals surface area contributed by atoms with E-state index in [0.29, 0.717) is 12.2 Å². The van der Waals surface area contributed by atoms with E-state index < -0.39 is 0 Å². The molecule has 2 aromatic rings. The maximum Gasteiger partial charge on any atom is 0.146 e. The van der Waals surface area contributed by atoms with Gasteiger partial charge in [-0.15, -0.1) is 0 Å². The predicted octanol–water partition coefficient (Wildman–Crippen LogP) is 3.81. The number of benzene rings is 2. The maximum absolute atomic E-state index is 13.8. The highest BCUT2D eigenvalue weighted by Crippen LogP contribution is 2.28. The molecular weight excluding hydrogens is 295 g/mol. The smallest absolute Gasteiger partial charge is 0.146 e. The Kier molecular flexibility index (Phi) is 3.99. The minimum absolute atomic E-state index is 0.247. The standard InChI is InChI=1S/C14H14BrFN2/c1-18(12-5-2-10(9-17)3-6-12)14-8-11(15)4-7-13(14)16/h2-8H,9,17H2,1H3. The Labute approximate surface area is 114 Å². The number of halogens is 2. The molecule has 0 bridgehead atoms. The van der Waals surface area contributed by atoms with E-state index in [1.807, 2.05) is 31.3 Å². The van der Waals surface area contributed by atoms with E-state index in [2.05, 4.69) is 15.9 Å². The Morgan fingerprint density at radius 3 is 2.44 bits per heavy atom. The van der Waals surface area contributed by atoms with Gasteiger partial charge in [-0.1, -0.05) is 28.1 Å². The SMILES string of the molecule is CN(c1ccc(CN)cc1)c1cc(Br)ccc1F. The molecule has 0 aliphatic carbocycles. The van der Waals surface area contributed by atoms with Gasteiger partial charge in [0.05, 0.1) is 5.69 Å². The number of nitrogens with two attached hydrogens (primary N) is 1. The average molecular weight is 309 g/mol. The van der Waals surface area contributed by atoms with Gasteiger partial charge in [0, 0.05) is 23.8 Å². The number of hydrogen-bond acceptors (Lipinski definition) is 2. The van der Waals surface area contributed by atoms with Gasteiger partial charge in [-0.25, -0.2) is 4.39 Å². The van der Waals surface area contributed by atoms with Crippen LogP contribution in [0, 0.1) is 5.82 Å². The highest BCUT2D eigenvalue weighted by atomic mass is 79.9. The predicted molar refractivity (Wildman–Crippen MR) is 76.5 cm³/mol. The normalized spacial score (nSPS) is 10.4. The molecule has 2 N–H and O–H groups in total. The van der Waals surface area contributed by atoms with Gasteiger partial charge in [0.1, 0.15) is 5.82 Å². The lowest BCUT2D eigenvalue weighted by Crippen LogP contribution is -2.11. The van der Waals surface area contributed by atoms with Crippen LogP contribution < -0.4 is 10.6 Å². The number of hydrogen-bond donors (Lipinski definition) is 1. The third-order valence-electron chi connectivity index (χ3n) is 2.83. The summed E-state index contributed by atoms with van der Waals surface area (Å²) in [5.41, 5.74) is 8.06. The molecular formula is C14H14BrFN2. The first-order valence-electron chi connectivity index (χ1n) is 5.59. The molecule has 2 aromatic carbocycles. The van der Waals surface area contributed by atoms with Gasteiger partial charge in [0.2, 0.25) is 0 Å². The molecule has 94 valence electrons. The molecule has 0 aromatic heterocycles. The second-order valence-corrected chi connectivity index (χ2v) is 4.94. The molecule has 0 spiro atoms. The lowest BCUT2D eigenvalue weighted by Gasteiger charge is -2.20. The third kappa shape index (κ3) is 2.71. The highest BCUT2D eigenvalue weighted by Gasteiger charge is 2.09. The zero-order chi connectivity index (χ0) is 13.1. The van der Waals surface area contributed by atoms with Crippen molar-refractivity contribution in [2.75, 3.05) is 11.9 Å². The average Bonchev–Trinajstić information content (AvgIpc) is 2.41. The van der Waals surface area contributed by atoms with Crippen LogP contribution in [0.3, 0.4) is 0 Å². The summed E-state index contributed by atoms with van der Waals surface area (Å²) in [7, 11) is 1.84. The monoisotopic (exact) mass is 308 g/mol. The molecule has 2 rings (SSSR count). The fourth-order valence-corrected chi connectivity index (χ4v) is 2.09. The van der Waals surface area contributed by atoms with Crippen LogP contribution in [0.4, 0.5) is 15.8 Å². The first kappa shape index (κ1) is 13.1. The number of rotatable bonds is 3. The van der Waals surface area contributed by atoms with E-state index >= 15 is 0 Å². The minimum Gasteiger partial charge on any atom is -0.342 e. The first-order valence-corrected chi connectivity index (χ1v) is 6.39. The molecule has 0 radical (unpaired) electrons. The van der Waals surface area contributed by atoms with Gasteiger partial charge in [0.15, 0.2) is 0 Å². The van der Waals surface area contributed by atoms with E-state index in [1.54, 1.807) is 17.0 Å². The zero-order valence-electron chi connectivity index (χ0n) is 10.0. The largest absolute Gasteiger partial charge is 0.342 e. The maximum atomic E-state index is 13.8. The lowest BCUT2D eigenvalue weighted by molar-refractivity contribution is 0.627. The summed E-state index contributed by atoms with van der Waals surface area (Å²) < 4.78 is 14.6. The number of nitrogens with zero attached hydrogens (tertiary/aromatic N) is 1. The van der Waals surface area contributed by atoms with Crippen molar-refractivity contribution in [3.8, 4) is 0 Å². The highest BCUT2D eigenvalue weighted by molar-refractivity contribution is 9.10. The summed E-state index contributed by atoms with van der Waals surface area (Å²) in [5.74, 6) is -0.247. The molecule has 0 saturated carbocycles. The summed E-state index contributed by atoms with van der Waals surface area (Å²) in [6, 6.07) is 12.6. The Morgan fingerprint density at radius 1 is 1.17 bits per heavy atom. The van der Waals surface area contributed by atoms with Crippen molar-refractivity contribution in [2.24, 2.45) is 5.73 Å². The van der Waals surface area contributed by atoms with E-state index in [-0.39, 0.29) is 5.82 Å². The topological polar surface area (TPSA) is 29.3 Å². The zero-order valence-corrected chi connectivity index (χ0v) is 11.6. The minimum atomic E-state index is -0.247. The van der Waals surface area contributed by atoms with E-state index in [1.165, 1.54) is 6.07 Å². The molecule has 2 nitrogen and oxygen atoms in total. The fourth-order valence-electron chi connectivity index (χ4n) is 1.74. The fraction of sp³-hybridized carbons (Fsp3) is 0.143. The summed E-state index contributed by atoms with van der Waals surface area (Å²) in [6.07, 6.45) is 0. The summed E-state index contributed by atoms with van der Waals surface area (Å²) in [5, 5.41) is 0. The van der Waals surface area contributed by atoms with Crippen LogP contribution in [0.25, 0.3) is 0 Å². The van der Waals surface area contributed by atoms with Crippen molar-refractivity contribution in [1.82, 2.24) is 0 Å². The summed E-state index contributed by atoms with van der Waals surface area (Å²) in [6.45, 7) is 0.509. The van der Waals surface area contributed by atoms with Crippen LogP contribution in [0.1, 0.15) is 5.56 Å². The molecule has 4 heteroatoms. The van der Waals surface area contributed by atoms with Crippen molar-refractivity contribution in [3.05, 3.63) is 58.3 Å². The van der Waals surface area contributed by atoms with Gasteiger partial charge in [-0.3, -0.25) is 0 Å². The van der Waals surface area contributed by atoms with Crippen molar-refractivity contribution < 1.29 is 4.39 Å². The van der Waals surface area contributed by atoms with Crippen molar-refractivity contribution >= 4 is 27.3 Å². The van der Waals surface area contributed by atoms with Crippen LogP contribution >= 0.6 is 15.9 Å². The molecule has 0 aliphatic rings. The lowest BCUT2D eigenvalue weighted by atomic mass is 10.2. The van der Waals surface area contributed by atoms with E-state index in [9.17, 15) is 4.39 Å². The van der Waals surface area contributed by atoms with E-state index in [4.69, 9.17) is 5.73 Å². The van der Waals surface area contributed by atoms with Crippen LogP contribution in [0.2, 0.25) is 0 Å². The Hall–Kier alpha value is -1.39. The molecule has 0 fully saturated rings. The van der Waals surface area contributed by atoms with Crippen molar-refractivity contribution in [1.29, 1.82) is 0 Å². The Balaban J connectivity index is 2.34. The first-order chi connectivity index (χ1) is 8.61. The summed E-state index contributed by atoms with van der Waals surface area (Å²) in [4.78, 5) is 1.81. The number of anilines is 2. The Morgan fingerprint density at radius 2 is 1.83 bits per heavy atom. The second kappa shape index (κ2) is 5.50. The molecule has 0 saturated heterocycles. The van der Waals surface area contributed by atoms with Crippen molar-refractivity contribution in [3.63, 3.8) is 0 Å². The van der Waals surface area contributed by atoms with Gasteiger partial charge in [0.25, 0.3) is 0 Å². The molecule has 0 amide bonds. The van der Waals surface area contributed by atoms with Crippen LogP contribution in [-0.2, 0) is 6.54 Å². The molecule has 0 atom stereocenters. The van der Waals surface area contributed by atoms with Crippen molar-refractivity contribution in [2.45, 2.75) is 6.54 Å². The van der Waals surface area contributed by atoms with Gasteiger partial charge in [-0.05, 0) is 35.9 Å². The Bertz CT molecular complexity index is 540. The van der Waals surface area contributed by atoms with Gasteiger partial charge in [-0.2, -0.15) is 0 Å². The molecule has 0 heterocycles. The van der Waals surface area contributed by atoms with Gasteiger partial charge < -0.3 is 10.6 Å². The quantitative estimate of drug-likeness (QED) is 0.934. The van der Waals surface area contributed by atoms with Crippen LogP contribution in [0.15, 0.2) is 46.9 Å². The van der Waals surface area contributed by atoms with Gasteiger partial charge >= 0.3 is 0 Å². The molecule has 0 unspecified atom stereocenters. The molecule has 0 aliphatic heterocycles. The van der Waals surface area contributed by atoms with Crippen LogP contribution in [-0.4, -0.2) is 7.05 Å².